The van der Waals surface area contributed by atoms with Crippen molar-refractivity contribution in [3.8, 4) is 0 Å². The molecule has 2 heterocycles. The third-order valence-electron chi connectivity index (χ3n) is 4.26. The van der Waals surface area contributed by atoms with Gasteiger partial charge in [-0.05, 0) is 40.0 Å². The number of hydrogen-bond acceptors (Lipinski definition) is 6. The predicted molar refractivity (Wildman–Crippen MR) is 76.3 cm³/mol. The molecule has 6 nitrogen and oxygen atoms in total. The average molecular weight is 277 g/mol. The summed E-state index contributed by atoms with van der Waals surface area (Å²) in [6, 6.07) is 0.320. The van der Waals surface area contributed by atoms with Gasteiger partial charge in [-0.1, -0.05) is 17.3 Å². The van der Waals surface area contributed by atoms with Crippen LogP contribution in [0.2, 0.25) is 0 Å². The van der Waals surface area contributed by atoms with Gasteiger partial charge in [0, 0.05) is 12.6 Å². The Bertz CT molecular complexity index is 486. The lowest BCUT2D eigenvalue weighted by molar-refractivity contribution is 0.214. The van der Waals surface area contributed by atoms with E-state index in [2.05, 4.69) is 40.1 Å². The van der Waals surface area contributed by atoms with Crippen molar-refractivity contribution in [1.82, 2.24) is 19.9 Å². The van der Waals surface area contributed by atoms with Gasteiger partial charge in [0.1, 0.15) is 0 Å². The highest BCUT2D eigenvalue weighted by Gasteiger charge is 2.29. The molecule has 1 aromatic heterocycles. The molecular formula is C14H23N5O. The van der Waals surface area contributed by atoms with Crippen LogP contribution in [0.1, 0.15) is 36.5 Å². The minimum atomic E-state index is 0.113. The lowest BCUT2D eigenvalue weighted by Gasteiger charge is -2.24. The number of nitrogens with two attached hydrogens (primary N) is 1. The fourth-order valence-electron chi connectivity index (χ4n) is 2.99. The Labute approximate surface area is 119 Å². The molecule has 3 rings (SSSR count). The molecule has 6 heteroatoms. The third-order valence-corrected chi connectivity index (χ3v) is 4.26. The minimum absolute atomic E-state index is 0.113. The highest BCUT2D eigenvalue weighted by molar-refractivity contribution is 5.16. The van der Waals surface area contributed by atoms with E-state index in [1.165, 1.54) is 6.42 Å². The Morgan fingerprint density at radius 3 is 2.90 bits per heavy atom. The molecule has 3 unspecified atom stereocenters. The van der Waals surface area contributed by atoms with Crippen LogP contribution in [0.4, 0.5) is 0 Å². The number of likely N-dealkylation sites (N-methyl/N-ethyl adjacent to an activating group) is 2. The predicted octanol–water partition coefficient (Wildman–Crippen LogP) is 0.749. The Balaban J connectivity index is 1.76. The molecule has 1 aliphatic carbocycles. The minimum Gasteiger partial charge on any atom is -0.339 e. The van der Waals surface area contributed by atoms with Gasteiger partial charge in [0.25, 0.3) is 0 Å². The highest BCUT2D eigenvalue weighted by atomic mass is 16.5. The third kappa shape index (κ3) is 2.77. The smallest absolute Gasteiger partial charge is 0.233 e. The molecular weight excluding hydrogens is 254 g/mol. The zero-order valence-corrected chi connectivity index (χ0v) is 12.2. The summed E-state index contributed by atoms with van der Waals surface area (Å²) in [6.07, 6.45) is 6.13. The van der Waals surface area contributed by atoms with E-state index >= 15 is 0 Å². The van der Waals surface area contributed by atoms with Crippen LogP contribution >= 0.6 is 0 Å². The topological polar surface area (TPSA) is 71.4 Å². The molecule has 0 aromatic carbocycles. The van der Waals surface area contributed by atoms with Crippen LogP contribution < -0.4 is 5.73 Å². The van der Waals surface area contributed by atoms with Gasteiger partial charge in [0.15, 0.2) is 5.82 Å². The molecule has 0 amide bonds. The van der Waals surface area contributed by atoms with Crippen LogP contribution in [0.15, 0.2) is 16.7 Å². The molecule has 2 N–H and O–H groups in total. The molecule has 0 spiro atoms. The number of allylic oxidation sites excluding steroid dienone is 1. The lowest BCUT2D eigenvalue weighted by Crippen LogP contribution is -2.31. The van der Waals surface area contributed by atoms with Crippen LogP contribution in [0.5, 0.6) is 0 Å². The second kappa shape index (κ2) is 5.63. The Morgan fingerprint density at radius 2 is 2.15 bits per heavy atom. The lowest BCUT2D eigenvalue weighted by atomic mass is 10.1. The first kappa shape index (κ1) is 13.7. The van der Waals surface area contributed by atoms with Crippen molar-refractivity contribution >= 4 is 0 Å². The van der Waals surface area contributed by atoms with E-state index in [9.17, 15) is 0 Å². The highest BCUT2D eigenvalue weighted by Crippen LogP contribution is 2.28. The molecule has 1 saturated heterocycles. The Morgan fingerprint density at radius 1 is 1.30 bits per heavy atom. The molecule has 2 aliphatic rings. The molecule has 110 valence electrons. The fraction of sp³-hybridized carbons (Fsp3) is 0.714. The normalized spacial score (nSPS) is 32.6. The van der Waals surface area contributed by atoms with Crippen molar-refractivity contribution in [2.75, 3.05) is 33.7 Å². The summed E-state index contributed by atoms with van der Waals surface area (Å²) in [5, 5.41) is 4.21. The van der Waals surface area contributed by atoms with E-state index < -0.39 is 0 Å². The number of rotatable bonds is 2. The van der Waals surface area contributed by atoms with Gasteiger partial charge in [-0.15, -0.1) is 0 Å². The van der Waals surface area contributed by atoms with Gasteiger partial charge in [-0.25, -0.2) is 0 Å². The van der Waals surface area contributed by atoms with E-state index in [0.29, 0.717) is 5.89 Å². The van der Waals surface area contributed by atoms with E-state index in [4.69, 9.17) is 10.3 Å². The van der Waals surface area contributed by atoms with Crippen molar-refractivity contribution in [3.63, 3.8) is 0 Å². The molecule has 1 aliphatic heterocycles. The van der Waals surface area contributed by atoms with E-state index in [1.807, 2.05) is 6.08 Å². The van der Waals surface area contributed by atoms with Crippen LogP contribution in [0.25, 0.3) is 0 Å². The van der Waals surface area contributed by atoms with Crippen molar-refractivity contribution < 1.29 is 4.52 Å². The van der Waals surface area contributed by atoms with Crippen molar-refractivity contribution in [2.45, 2.75) is 30.8 Å². The van der Waals surface area contributed by atoms with E-state index in [-0.39, 0.29) is 18.0 Å². The summed E-state index contributed by atoms with van der Waals surface area (Å²) >= 11 is 0. The number of nitrogens with zero attached hydrogens (tertiary/aromatic N) is 4. The van der Waals surface area contributed by atoms with Gasteiger partial charge in [-0.2, -0.15) is 4.98 Å². The Hall–Kier alpha value is -1.24. The zero-order valence-electron chi connectivity index (χ0n) is 12.2. The van der Waals surface area contributed by atoms with E-state index in [0.717, 1.165) is 31.9 Å². The second-order valence-corrected chi connectivity index (χ2v) is 5.99. The molecule has 20 heavy (non-hydrogen) atoms. The van der Waals surface area contributed by atoms with Crippen LogP contribution in [-0.4, -0.2) is 59.7 Å². The van der Waals surface area contributed by atoms with Gasteiger partial charge < -0.3 is 15.2 Å². The van der Waals surface area contributed by atoms with Crippen LogP contribution in [0.3, 0.4) is 0 Å². The van der Waals surface area contributed by atoms with E-state index in [1.54, 1.807) is 0 Å². The standard InChI is InChI=1S/C14H23N5O/c1-18-6-3-7-19(2)12(9-18)13-16-14(20-17-13)10-4-5-11(15)8-10/h4-5,10-12H,3,6-9,15H2,1-2H3. The summed E-state index contributed by atoms with van der Waals surface area (Å²) in [7, 11) is 4.27. The van der Waals surface area contributed by atoms with Crippen molar-refractivity contribution in [3.05, 3.63) is 23.9 Å². The maximum absolute atomic E-state index is 5.88. The van der Waals surface area contributed by atoms with Crippen molar-refractivity contribution in [2.24, 2.45) is 5.73 Å². The molecule has 3 atom stereocenters. The largest absolute Gasteiger partial charge is 0.339 e. The molecule has 1 aromatic rings. The average Bonchev–Trinajstić information content (AvgIpc) is 3.01. The molecule has 0 saturated carbocycles. The SMILES string of the molecule is CN1CCCN(C)C(c2noc(C3C=CC(N)C3)n2)C1. The van der Waals surface area contributed by atoms with Crippen LogP contribution in [0, 0.1) is 0 Å². The summed E-state index contributed by atoms with van der Waals surface area (Å²) in [4.78, 5) is 9.27. The summed E-state index contributed by atoms with van der Waals surface area (Å²) in [6.45, 7) is 3.12. The first-order valence-corrected chi connectivity index (χ1v) is 7.29. The molecule has 1 fully saturated rings. The number of aromatic nitrogens is 2. The fourth-order valence-corrected chi connectivity index (χ4v) is 2.99. The maximum atomic E-state index is 5.88. The van der Waals surface area contributed by atoms with Gasteiger partial charge in [0.2, 0.25) is 5.89 Å². The number of hydrogen-bond donors (Lipinski definition) is 1. The maximum Gasteiger partial charge on any atom is 0.233 e. The monoisotopic (exact) mass is 277 g/mol. The molecule has 0 bridgehead atoms. The van der Waals surface area contributed by atoms with Gasteiger partial charge >= 0.3 is 0 Å². The van der Waals surface area contributed by atoms with Crippen LogP contribution in [-0.2, 0) is 0 Å². The second-order valence-electron chi connectivity index (χ2n) is 5.99. The first-order chi connectivity index (χ1) is 9.63. The molecule has 0 radical (unpaired) electrons. The Kier molecular flexibility index (Phi) is 3.87. The first-order valence-electron chi connectivity index (χ1n) is 7.29. The quantitative estimate of drug-likeness (QED) is 0.804. The van der Waals surface area contributed by atoms with Crippen molar-refractivity contribution in [1.29, 1.82) is 0 Å². The van der Waals surface area contributed by atoms with Gasteiger partial charge in [0.05, 0.1) is 12.0 Å². The summed E-state index contributed by atoms with van der Waals surface area (Å²) < 4.78 is 5.46. The van der Waals surface area contributed by atoms with Gasteiger partial charge in [-0.3, -0.25) is 4.90 Å². The zero-order chi connectivity index (χ0) is 14.1. The summed E-state index contributed by atoms with van der Waals surface area (Å²) in [5.74, 6) is 1.68. The summed E-state index contributed by atoms with van der Waals surface area (Å²) in [5.41, 5.74) is 5.88.